The van der Waals surface area contributed by atoms with E-state index in [4.69, 9.17) is 4.74 Å². The molecule has 1 N–H and O–H groups in total. The molecule has 3 aromatic rings. The molecule has 0 aliphatic carbocycles. The Kier molecular flexibility index (Phi) is 6.48. The fourth-order valence-electron chi connectivity index (χ4n) is 3.76. The Morgan fingerprint density at radius 1 is 1.16 bits per heavy atom. The number of Topliss-reactive ketones (excluding diaryl/α,β-unsaturated/α-hetero) is 1. The van der Waals surface area contributed by atoms with Gasteiger partial charge in [0.25, 0.3) is 0 Å². The Bertz CT molecular complexity index is 1080. The lowest BCUT2D eigenvalue weighted by Gasteiger charge is -2.16. The summed E-state index contributed by atoms with van der Waals surface area (Å²) in [4.78, 5) is 21.8. The molecular weight excluding hydrogens is 393 g/mol. The number of ether oxygens (including phenoxy) is 1. The van der Waals surface area contributed by atoms with Crippen LogP contribution in [0.25, 0.3) is 0 Å². The molecule has 5 nitrogen and oxygen atoms in total. The number of fused-ring (bicyclic) bond motifs is 1. The van der Waals surface area contributed by atoms with Gasteiger partial charge in [-0.3, -0.25) is 14.8 Å². The first-order chi connectivity index (χ1) is 15.1. The quantitative estimate of drug-likeness (QED) is 0.585. The number of anilines is 1. The number of amidine groups is 1. The van der Waals surface area contributed by atoms with Crippen LogP contribution in [0.2, 0.25) is 0 Å². The number of para-hydroxylation sites is 1. The number of methoxy groups -OCH3 is 1. The molecule has 4 rings (SSSR count). The number of pyridine rings is 1. The molecule has 1 aromatic heterocycles. The number of hydrogen-bond donors (Lipinski definition) is 1. The molecule has 0 saturated heterocycles. The van der Waals surface area contributed by atoms with Crippen molar-refractivity contribution in [3.05, 3.63) is 95.1 Å². The summed E-state index contributed by atoms with van der Waals surface area (Å²) in [6.45, 7) is 0.966. The number of benzene rings is 2. The minimum atomic E-state index is -0.295. The van der Waals surface area contributed by atoms with Crippen molar-refractivity contribution in [3.63, 3.8) is 0 Å². The molecule has 0 saturated carbocycles. The number of hydrogen-bond acceptors (Lipinski definition) is 5. The Morgan fingerprint density at radius 3 is 2.68 bits per heavy atom. The predicted octanol–water partition coefficient (Wildman–Crippen LogP) is 4.52. The van der Waals surface area contributed by atoms with E-state index in [0.29, 0.717) is 19.6 Å². The topological polar surface area (TPSA) is 63.6 Å². The average molecular weight is 417 g/mol. The van der Waals surface area contributed by atoms with Gasteiger partial charge >= 0.3 is 0 Å². The van der Waals surface area contributed by atoms with Gasteiger partial charge in [-0.1, -0.05) is 30.3 Å². The molecule has 0 bridgehead atoms. The average Bonchev–Trinajstić information content (AvgIpc) is 3.16. The van der Waals surface area contributed by atoms with Crippen molar-refractivity contribution in [2.75, 3.05) is 19.0 Å². The van der Waals surface area contributed by atoms with Crippen molar-refractivity contribution in [1.82, 2.24) is 4.98 Å². The van der Waals surface area contributed by atoms with E-state index < -0.39 is 0 Å². The lowest BCUT2D eigenvalue weighted by Crippen LogP contribution is -2.15. The Hall–Kier alpha value is -3.38. The van der Waals surface area contributed by atoms with Crippen LogP contribution in [0.4, 0.5) is 10.1 Å². The van der Waals surface area contributed by atoms with Crippen LogP contribution in [0.15, 0.2) is 71.9 Å². The third kappa shape index (κ3) is 5.22. The molecular formula is C25H24FN3O2. The Morgan fingerprint density at radius 2 is 1.94 bits per heavy atom. The highest BCUT2D eigenvalue weighted by Crippen LogP contribution is 2.24. The molecule has 1 aliphatic heterocycles. The van der Waals surface area contributed by atoms with Gasteiger partial charge < -0.3 is 10.1 Å². The van der Waals surface area contributed by atoms with Crippen LogP contribution in [0.1, 0.15) is 34.7 Å². The van der Waals surface area contributed by atoms with Crippen LogP contribution < -0.4 is 5.32 Å². The largest absolute Gasteiger partial charge is 0.384 e. The van der Waals surface area contributed by atoms with Crippen LogP contribution in [0.3, 0.4) is 0 Å². The molecule has 0 unspecified atom stereocenters. The van der Waals surface area contributed by atoms with E-state index in [1.807, 2.05) is 36.4 Å². The van der Waals surface area contributed by atoms with E-state index in [1.165, 1.54) is 12.1 Å². The smallest absolute Gasteiger partial charge is 0.139 e. The van der Waals surface area contributed by atoms with E-state index >= 15 is 0 Å². The normalized spacial score (nSPS) is 13.4. The van der Waals surface area contributed by atoms with Crippen molar-refractivity contribution in [2.24, 2.45) is 4.99 Å². The molecule has 31 heavy (non-hydrogen) atoms. The summed E-state index contributed by atoms with van der Waals surface area (Å²) in [6, 6.07) is 18.1. The molecule has 0 amide bonds. The third-order valence-corrected chi connectivity index (χ3v) is 5.31. The number of aromatic nitrogens is 1. The lowest BCUT2D eigenvalue weighted by atomic mass is 9.93. The molecule has 6 heteroatoms. The van der Waals surface area contributed by atoms with Crippen molar-refractivity contribution in [1.29, 1.82) is 0 Å². The number of nitrogens with one attached hydrogen (secondary N) is 1. The molecule has 2 heterocycles. The number of ketones is 1. The maximum Gasteiger partial charge on any atom is 0.139 e. The predicted molar refractivity (Wildman–Crippen MR) is 119 cm³/mol. The van der Waals surface area contributed by atoms with Gasteiger partial charge in [-0.15, -0.1) is 0 Å². The van der Waals surface area contributed by atoms with Crippen LogP contribution in [0.5, 0.6) is 0 Å². The third-order valence-electron chi connectivity index (χ3n) is 5.31. The van der Waals surface area contributed by atoms with Gasteiger partial charge in [0.15, 0.2) is 0 Å². The first kappa shape index (κ1) is 20.9. The Labute approximate surface area is 181 Å². The summed E-state index contributed by atoms with van der Waals surface area (Å²) >= 11 is 0. The minimum Gasteiger partial charge on any atom is -0.384 e. The van der Waals surface area contributed by atoms with Gasteiger partial charge in [0, 0.05) is 49.0 Å². The van der Waals surface area contributed by atoms with Crippen LogP contribution in [0, 0.1) is 5.82 Å². The standard InChI is InChI=1S/C25H24FN3O2/c1-31-16-19(17-7-9-20(26)10-8-17)12-23(30)13-22-11-18-14-28-25(24(18)15-27-22)29-21-5-3-2-4-6-21/h2-11,15,19H,12-14,16H2,1H3,(H,28,29)/t19-/m1/s1. The van der Waals surface area contributed by atoms with Crippen LogP contribution in [-0.4, -0.2) is 30.3 Å². The number of nitrogens with zero attached hydrogens (tertiary/aromatic N) is 2. The number of rotatable bonds is 8. The highest BCUT2D eigenvalue weighted by atomic mass is 19.1. The fourth-order valence-corrected chi connectivity index (χ4v) is 3.76. The van der Waals surface area contributed by atoms with Gasteiger partial charge in [-0.05, 0) is 41.5 Å². The van der Waals surface area contributed by atoms with Crippen LogP contribution in [-0.2, 0) is 22.5 Å². The van der Waals surface area contributed by atoms with Crippen molar-refractivity contribution < 1.29 is 13.9 Å². The summed E-state index contributed by atoms with van der Waals surface area (Å²) in [5.41, 5.74) is 4.61. The van der Waals surface area contributed by atoms with E-state index in [2.05, 4.69) is 15.3 Å². The van der Waals surface area contributed by atoms with E-state index in [1.54, 1.807) is 25.4 Å². The first-order valence-electron chi connectivity index (χ1n) is 10.2. The lowest BCUT2D eigenvalue weighted by molar-refractivity contribution is -0.119. The Balaban J connectivity index is 1.40. The molecule has 1 aliphatic rings. The van der Waals surface area contributed by atoms with Crippen LogP contribution >= 0.6 is 0 Å². The minimum absolute atomic E-state index is 0.0698. The molecule has 0 radical (unpaired) electrons. The van der Waals surface area contributed by atoms with Crippen molar-refractivity contribution in [3.8, 4) is 0 Å². The molecule has 2 aromatic carbocycles. The molecule has 0 spiro atoms. The molecule has 1 atom stereocenters. The summed E-state index contributed by atoms with van der Waals surface area (Å²) in [6.07, 6.45) is 2.35. The number of carbonyl (C=O) groups excluding carboxylic acids is 1. The zero-order chi connectivity index (χ0) is 21.6. The van der Waals surface area contributed by atoms with Gasteiger partial charge in [-0.2, -0.15) is 0 Å². The van der Waals surface area contributed by atoms with Gasteiger partial charge in [-0.25, -0.2) is 4.39 Å². The van der Waals surface area contributed by atoms with Gasteiger partial charge in [0.2, 0.25) is 0 Å². The van der Waals surface area contributed by atoms with Gasteiger partial charge in [0.1, 0.15) is 17.4 Å². The van der Waals surface area contributed by atoms with E-state index in [0.717, 1.165) is 33.9 Å². The zero-order valence-corrected chi connectivity index (χ0v) is 17.3. The fraction of sp³-hybridized carbons (Fsp3) is 0.240. The zero-order valence-electron chi connectivity index (χ0n) is 17.3. The second-order valence-corrected chi connectivity index (χ2v) is 7.61. The van der Waals surface area contributed by atoms with E-state index in [-0.39, 0.29) is 23.9 Å². The maximum atomic E-state index is 13.2. The SMILES string of the molecule is COC[C@@H](CC(=O)Cc1cc2c(cn1)C(Nc1ccccc1)=NC2)c1ccc(F)cc1. The monoisotopic (exact) mass is 417 g/mol. The van der Waals surface area contributed by atoms with Crippen molar-refractivity contribution in [2.45, 2.75) is 25.3 Å². The molecule has 158 valence electrons. The number of aliphatic imine (C=N–C) groups is 1. The second kappa shape index (κ2) is 9.62. The van der Waals surface area contributed by atoms with Crippen molar-refractivity contribution >= 4 is 17.3 Å². The first-order valence-corrected chi connectivity index (χ1v) is 10.2. The number of carbonyl (C=O) groups is 1. The summed E-state index contributed by atoms with van der Waals surface area (Å²) < 4.78 is 18.5. The maximum absolute atomic E-state index is 13.2. The highest BCUT2D eigenvalue weighted by molar-refractivity contribution is 6.10. The van der Waals surface area contributed by atoms with E-state index in [9.17, 15) is 9.18 Å². The summed E-state index contributed by atoms with van der Waals surface area (Å²) in [7, 11) is 1.60. The summed E-state index contributed by atoms with van der Waals surface area (Å²) in [5, 5.41) is 3.32. The van der Waals surface area contributed by atoms with Gasteiger partial charge in [0.05, 0.1) is 13.2 Å². The highest BCUT2D eigenvalue weighted by Gasteiger charge is 2.20. The molecule has 0 fully saturated rings. The number of halogens is 1. The second-order valence-electron chi connectivity index (χ2n) is 7.61. The summed E-state index contributed by atoms with van der Waals surface area (Å²) in [5.74, 6) is 0.456.